The third-order valence-electron chi connectivity index (χ3n) is 1.16. The van der Waals surface area contributed by atoms with Gasteiger partial charge >= 0.3 is 0 Å². The summed E-state index contributed by atoms with van der Waals surface area (Å²) in [5.74, 6) is 0. The zero-order chi connectivity index (χ0) is 7.72. The average Bonchev–Trinajstić information content (AvgIpc) is 1.84. The minimum Gasteiger partial charge on any atom is -0.778 e. The molecule has 2 nitrogen and oxygen atoms in total. The van der Waals surface area contributed by atoms with Crippen molar-refractivity contribution in [2.45, 2.75) is 9.79 Å². The summed E-state index contributed by atoms with van der Waals surface area (Å²) in [6.07, 6.45) is 0. The highest BCUT2D eigenvalue weighted by Gasteiger charge is 1.93. The zero-order valence-corrected chi connectivity index (χ0v) is 6.88. The van der Waals surface area contributed by atoms with Gasteiger partial charge in [-0.2, -0.15) is 4.90 Å². The Bertz CT molecular complexity index is 210. The Hall–Kier alpha value is -0.610. The van der Waals surface area contributed by atoms with E-state index in [1.807, 2.05) is 0 Å². The first-order valence-corrected chi connectivity index (χ1v) is 3.52. The fourth-order valence-corrected chi connectivity index (χ4v) is 0.990. The van der Waals surface area contributed by atoms with Crippen molar-refractivity contribution in [3.8, 4) is 0 Å². The summed E-state index contributed by atoms with van der Waals surface area (Å²) in [6, 6.07) is 3.29. The molecule has 0 bridgehead atoms. The molecule has 0 saturated carbocycles. The van der Waals surface area contributed by atoms with Crippen LogP contribution in [-0.2, 0) is 12.6 Å². The van der Waals surface area contributed by atoms with Crippen LogP contribution in [0.1, 0.15) is 0 Å². The number of nitrogen functional groups attached to an aromatic ring is 2. The maximum atomic E-state index is 5.49. The first-order valence-electron chi connectivity index (χ1n) is 2.66. The summed E-state index contributed by atoms with van der Waals surface area (Å²) in [4.78, 5) is 1.25. The molecule has 1 rings (SSSR count). The van der Waals surface area contributed by atoms with Crippen molar-refractivity contribution in [3.63, 3.8) is 0 Å². The maximum Gasteiger partial charge on any atom is 0.0436 e. The van der Waals surface area contributed by atoms with Crippen LogP contribution in [0.2, 0.25) is 0 Å². The lowest BCUT2D eigenvalue weighted by molar-refractivity contribution is 1.37. The lowest BCUT2D eigenvalue weighted by Gasteiger charge is -2.11. The van der Waals surface area contributed by atoms with Gasteiger partial charge in [0.25, 0.3) is 0 Å². The SMILES string of the molecule is Nc1cc(S)c(N)cc1[S-]. The van der Waals surface area contributed by atoms with Crippen LogP contribution in [0, 0.1) is 0 Å². The third-order valence-corrected chi connectivity index (χ3v) is 1.90. The van der Waals surface area contributed by atoms with Crippen LogP contribution in [-0.4, -0.2) is 0 Å². The highest BCUT2D eigenvalue weighted by atomic mass is 32.1. The number of rotatable bonds is 0. The van der Waals surface area contributed by atoms with Gasteiger partial charge < -0.3 is 24.1 Å². The molecule has 1 aromatic rings. The fourth-order valence-electron chi connectivity index (χ4n) is 0.600. The minimum absolute atomic E-state index is 0.550. The Morgan fingerprint density at radius 1 is 1.20 bits per heavy atom. The fraction of sp³-hybridized carbons (Fsp3) is 0. The van der Waals surface area contributed by atoms with E-state index < -0.39 is 0 Å². The van der Waals surface area contributed by atoms with Gasteiger partial charge in [0.1, 0.15) is 0 Å². The normalized spacial score (nSPS) is 9.70. The second-order valence-electron chi connectivity index (χ2n) is 1.95. The molecule has 0 spiro atoms. The van der Waals surface area contributed by atoms with E-state index in [1.54, 1.807) is 12.1 Å². The predicted molar refractivity (Wildman–Crippen MR) is 48.1 cm³/mol. The van der Waals surface area contributed by atoms with Crippen LogP contribution in [0.4, 0.5) is 11.4 Å². The lowest BCUT2D eigenvalue weighted by atomic mass is 10.3. The molecule has 0 radical (unpaired) electrons. The number of thiol groups is 1. The molecule has 0 amide bonds. The second kappa shape index (κ2) is 2.56. The molecule has 4 heteroatoms. The summed E-state index contributed by atoms with van der Waals surface area (Å²) >= 11 is 8.92. The average molecular weight is 171 g/mol. The van der Waals surface area contributed by atoms with Crippen molar-refractivity contribution < 1.29 is 0 Å². The number of hydrogen-bond acceptors (Lipinski definition) is 4. The maximum absolute atomic E-state index is 5.49. The van der Waals surface area contributed by atoms with Crippen molar-refractivity contribution in [2.24, 2.45) is 0 Å². The number of hydrogen-bond donors (Lipinski definition) is 3. The smallest absolute Gasteiger partial charge is 0.0436 e. The standard InChI is InChI=1S/C6H8N2S2/c7-3-1-5(9)4(8)2-6(3)10/h1-2,9-10H,7-8H2/p-1. The molecule has 0 aliphatic heterocycles. The van der Waals surface area contributed by atoms with Gasteiger partial charge in [0.2, 0.25) is 0 Å². The molecule has 0 unspecified atom stereocenters. The van der Waals surface area contributed by atoms with Crippen molar-refractivity contribution >= 4 is 36.6 Å². The number of nitrogens with two attached hydrogens (primary N) is 2. The molecular weight excluding hydrogens is 164 g/mol. The molecule has 0 saturated heterocycles. The van der Waals surface area contributed by atoms with E-state index in [0.29, 0.717) is 21.2 Å². The Morgan fingerprint density at radius 2 is 1.80 bits per heavy atom. The van der Waals surface area contributed by atoms with Gasteiger partial charge in [-0.15, -0.1) is 12.6 Å². The monoisotopic (exact) mass is 171 g/mol. The molecule has 0 heterocycles. The topological polar surface area (TPSA) is 52.0 Å². The summed E-state index contributed by atoms with van der Waals surface area (Å²) in [7, 11) is 0. The van der Waals surface area contributed by atoms with E-state index in [-0.39, 0.29) is 0 Å². The van der Waals surface area contributed by atoms with E-state index >= 15 is 0 Å². The third kappa shape index (κ3) is 1.27. The van der Waals surface area contributed by atoms with Gasteiger partial charge in [-0.05, 0) is 6.07 Å². The van der Waals surface area contributed by atoms with E-state index in [9.17, 15) is 0 Å². The summed E-state index contributed by atoms with van der Waals surface area (Å²) < 4.78 is 0. The lowest BCUT2D eigenvalue weighted by Crippen LogP contribution is -1.93. The quantitative estimate of drug-likeness (QED) is 0.310. The highest BCUT2D eigenvalue weighted by molar-refractivity contribution is 7.80. The molecule has 1 aromatic carbocycles. The molecule has 0 aliphatic carbocycles. The Morgan fingerprint density at radius 3 is 2.30 bits per heavy atom. The molecule has 10 heavy (non-hydrogen) atoms. The van der Waals surface area contributed by atoms with Crippen LogP contribution >= 0.6 is 12.6 Å². The summed E-state index contributed by atoms with van der Waals surface area (Å²) in [5.41, 5.74) is 12.1. The summed E-state index contributed by atoms with van der Waals surface area (Å²) in [5, 5.41) is 0. The Labute approximate surface area is 70.4 Å². The van der Waals surface area contributed by atoms with Crippen LogP contribution in [0.5, 0.6) is 0 Å². The molecule has 0 atom stereocenters. The molecule has 0 fully saturated rings. The van der Waals surface area contributed by atoms with Crippen LogP contribution in [0.15, 0.2) is 21.9 Å². The summed E-state index contributed by atoms with van der Waals surface area (Å²) in [6.45, 7) is 0. The van der Waals surface area contributed by atoms with Gasteiger partial charge in [0.15, 0.2) is 0 Å². The van der Waals surface area contributed by atoms with Gasteiger partial charge in [0.05, 0.1) is 0 Å². The number of benzene rings is 1. The minimum atomic E-state index is 0.550. The Kier molecular flexibility index (Phi) is 1.92. The van der Waals surface area contributed by atoms with Gasteiger partial charge in [-0.25, -0.2) is 0 Å². The molecule has 4 N–H and O–H groups in total. The van der Waals surface area contributed by atoms with Crippen molar-refractivity contribution in [1.82, 2.24) is 0 Å². The zero-order valence-electron chi connectivity index (χ0n) is 5.16. The molecular formula is C6H7N2S2-. The van der Waals surface area contributed by atoms with Crippen LogP contribution in [0.3, 0.4) is 0 Å². The van der Waals surface area contributed by atoms with E-state index in [4.69, 9.17) is 24.1 Å². The first-order chi connectivity index (χ1) is 4.61. The van der Waals surface area contributed by atoms with Gasteiger partial charge in [-0.1, -0.05) is 6.07 Å². The highest BCUT2D eigenvalue weighted by Crippen LogP contribution is 2.22. The van der Waals surface area contributed by atoms with E-state index in [2.05, 4.69) is 12.6 Å². The van der Waals surface area contributed by atoms with Crippen LogP contribution < -0.4 is 11.5 Å². The number of anilines is 2. The van der Waals surface area contributed by atoms with Crippen molar-refractivity contribution in [3.05, 3.63) is 12.1 Å². The van der Waals surface area contributed by atoms with Crippen LogP contribution in [0.25, 0.3) is 0 Å². The largest absolute Gasteiger partial charge is 0.778 e. The molecule has 0 aromatic heterocycles. The van der Waals surface area contributed by atoms with Gasteiger partial charge in [-0.3, -0.25) is 0 Å². The molecule has 0 aliphatic rings. The first kappa shape index (κ1) is 7.50. The van der Waals surface area contributed by atoms with E-state index in [1.165, 1.54) is 0 Å². The second-order valence-corrected chi connectivity index (χ2v) is 2.87. The predicted octanol–water partition coefficient (Wildman–Crippen LogP) is 1.05. The Balaban J connectivity index is 3.28. The van der Waals surface area contributed by atoms with Gasteiger partial charge in [0, 0.05) is 16.3 Å². The van der Waals surface area contributed by atoms with E-state index in [0.717, 1.165) is 0 Å². The van der Waals surface area contributed by atoms with Crippen molar-refractivity contribution in [1.29, 1.82) is 0 Å². The molecule has 54 valence electrons. The van der Waals surface area contributed by atoms with Crippen molar-refractivity contribution in [2.75, 3.05) is 11.5 Å².